The Morgan fingerprint density at radius 1 is 0.973 bits per heavy atom. The molecular formula is C27H23FN2O6S. The molecule has 0 saturated carbocycles. The molecule has 0 unspecified atom stereocenters. The molecule has 0 radical (unpaired) electrons. The van der Waals surface area contributed by atoms with Crippen molar-refractivity contribution in [3.63, 3.8) is 0 Å². The van der Waals surface area contributed by atoms with Gasteiger partial charge in [-0.05, 0) is 77.5 Å². The first kappa shape index (κ1) is 25.8. The first-order chi connectivity index (χ1) is 17.9. The van der Waals surface area contributed by atoms with Gasteiger partial charge in [0, 0.05) is 5.69 Å². The fraction of sp³-hybridized carbons (Fsp3) is 0.148. The van der Waals surface area contributed by atoms with Crippen molar-refractivity contribution in [3.05, 3.63) is 88.6 Å². The van der Waals surface area contributed by atoms with Crippen LogP contribution in [-0.2, 0) is 16.2 Å². The van der Waals surface area contributed by atoms with Gasteiger partial charge in [0.05, 0.1) is 19.1 Å². The number of thioether (sulfide) groups is 1. The van der Waals surface area contributed by atoms with Crippen molar-refractivity contribution in [1.29, 1.82) is 0 Å². The topological polar surface area (TPSA) is 94.2 Å². The van der Waals surface area contributed by atoms with E-state index in [1.54, 1.807) is 60.7 Å². The van der Waals surface area contributed by atoms with Gasteiger partial charge in [0.25, 0.3) is 11.1 Å². The summed E-state index contributed by atoms with van der Waals surface area (Å²) in [5.41, 5.74) is 1.92. The van der Waals surface area contributed by atoms with Crippen molar-refractivity contribution in [2.45, 2.75) is 6.61 Å². The number of amides is 3. The molecule has 1 N–H and O–H groups in total. The number of halogens is 1. The monoisotopic (exact) mass is 522 g/mol. The van der Waals surface area contributed by atoms with Crippen LogP contribution in [0, 0.1) is 5.82 Å². The summed E-state index contributed by atoms with van der Waals surface area (Å²) in [5.74, 6) is 0.140. The molecule has 0 aromatic heterocycles. The lowest BCUT2D eigenvalue weighted by molar-refractivity contribution is -0.127. The number of imide groups is 1. The molecule has 0 bridgehead atoms. The van der Waals surface area contributed by atoms with Gasteiger partial charge in [0.1, 0.15) is 24.7 Å². The van der Waals surface area contributed by atoms with E-state index in [4.69, 9.17) is 14.2 Å². The Morgan fingerprint density at radius 3 is 2.38 bits per heavy atom. The van der Waals surface area contributed by atoms with E-state index in [9.17, 15) is 18.8 Å². The summed E-state index contributed by atoms with van der Waals surface area (Å²) in [4.78, 5) is 38.8. The number of anilines is 1. The Balaban J connectivity index is 1.40. The summed E-state index contributed by atoms with van der Waals surface area (Å²) in [6.07, 6.45) is 1.55. The fourth-order valence-corrected chi connectivity index (χ4v) is 4.28. The smallest absolute Gasteiger partial charge is 0.294 e. The zero-order chi connectivity index (χ0) is 26.4. The maximum absolute atomic E-state index is 13.1. The number of ether oxygens (including phenoxy) is 3. The highest BCUT2D eigenvalue weighted by Crippen LogP contribution is 2.34. The molecule has 0 atom stereocenters. The Kier molecular flexibility index (Phi) is 8.09. The zero-order valence-corrected chi connectivity index (χ0v) is 20.8. The van der Waals surface area contributed by atoms with Crippen LogP contribution < -0.4 is 19.5 Å². The lowest BCUT2D eigenvalue weighted by atomic mass is 10.1. The van der Waals surface area contributed by atoms with Crippen LogP contribution in [0.15, 0.2) is 71.6 Å². The number of carbonyl (C=O) groups excluding carboxylic acids is 3. The Labute approximate surface area is 217 Å². The van der Waals surface area contributed by atoms with Crippen molar-refractivity contribution in [2.24, 2.45) is 0 Å². The van der Waals surface area contributed by atoms with Crippen molar-refractivity contribution < 1.29 is 33.0 Å². The third-order valence-corrected chi connectivity index (χ3v) is 6.25. The van der Waals surface area contributed by atoms with Crippen molar-refractivity contribution in [2.75, 3.05) is 26.1 Å². The SMILES string of the molecule is COc1ccc(NC(=O)CN2C(=O)S/C(=C\c3ccc(OCc4ccc(F)cc4)c(OC)c3)C2=O)cc1. The van der Waals surface area contributed by atoms with E-state index in [1.807, 2.05) is 0 Å². The molecule has 3 aromatic carbocycles. The van der Waals surface area contributed by atoms with Crippen LogP contribution in [-0.4, -0.2) is 42.7 Å². The second-order valence-corrected chi connectivity index (χ2v) is 8.86. The van der Waals surface area contributed by atoms with E-state index in [-0.39, 0.29) is 17.3 Å². The average molecular weight is 523 g/mol. The summed E-state index contributed by atoms with van der Waals surface area (Å²) in [6.45, 7) is -0.193. The standard InChI is InChI=1S/C27H23FN2O6S/c1-34-21-10-8-20(9-11-21)29-25(31)15-30-26(32)24(37-27(30)33)14-18-5-12-22(23(13-18)35-2)36-16-17-3-6-19(28)7-4-17/h3-14H,15-16H2,1-2H3,(H,29,31)/b24-14-. The maximum atomic E-state index is 13.1. The van der Waals surface area contributed by atoms with Crippen molar-refractivity contribution in [1.82, 2.24) is 4.90 Å². The molecule has 1 aliphatic heterocycles. The van der Waals surface area contributed by atoms with Crippen LogP contribution in [0.2, 0.25) is 0 Å². The molecule has 1 aliphatic rings. The number of methoxy groups -OCH3 is 2. The molecule has 190 valence electrons. The van der Waals surface area contributed by atoms with Gasteiger partial charge in [-0.1, -0.05) is 18.2 Å². The molecular weight excluding hydrogens is 499 g/mol. The van der Waals surface area contributed by atoms with Crippen LogP contribution in [0.5, 0.6) is 17.2 Å². The number of nitrogens with zero attached hydrogens (tertiary/aromatic N) is 1. The van der Waals surface area contributed by atoms with Gasteiger partial charge in [0.15, 0.2) is 11.5 Å². The quantitative estimate of drug-likeness (QED) is 0.391. The molecule has 37 heavy (non-hydrogen) atoms. The van der Waals surface area contributed by atoms with Gasteiger partial charge >= 0.3 is 0 Å². The van der Waals surface area contributed by atoms with Gasteiger partial charge in [0.2, 0.25) is 5.91 Å². The summed E-state index contributed by atoms with van der Waals surface area (Å²) in [6, 6.07) is 17.7. The van der Waals surface area contributed by atoms with Gasteiger partial charge in [-0.25, -0.2) is 4.39 Å². The first-order valence-corrected chi connectivity index (χ1v) is 11.9. The van der Waals surface area contributed by atoms with E-state index in [0.717, 1.165) is 22.2 Å². The van der Waals surface area contributed by atoms with E-state index < -0.39 is 23.6 Å². The molecule has 1 fully saturated rings. The number of benzene rings is 3. The third kappa shape index (κ3) is 6.47. The molecule has 1 heterocycles. The van der Waals surface area contributed by atoms with Crippen LogP contribution >= 0.6 is 11.8 Å². The molecule has 0 spiro atoms. The van der Waals surface area contributed by atoms with E-state index >= 15 is 0 Å². The van der Waals surface area contributed by atoms with Crippen LogP contribution in [0.4, 0.5) is 14.9 Å². The molecule has 10 heteroatoms. The maximum Gasteiger partial charge on any atom is 0.294 e. The summed E-state index contributed by atoms with van der Waals surface area (Å²) >= 11 is 0.755. The first-order valence-electron chi connectivity index (χ1n) is 11.1. The summed E-state index contributed by atoms with van der Waals surface area (Å²) in [7, 11) is 3.02. The van der Waals surface area contributed by atoms with Gasteiger partial charge in [-0.15, -0.1) is 0 Å². The minimum absolute atomic E-state index is 0.185. The fourth-order valence-electron chi connectivity index (χ4n) is 3.44. The summed E-state index contributed by atoms with van der Waals surface area (Å²) < 4.78 is 29.4. The second-order valence-electron chi connectivity index (χ2n) is 7.87. The summed E-state index contributed by atoms with van der Waals surface area (Å²) in [5, 5.41) is 2.12. The van der Waals surface area contributed by atoms with E-state index in [2.05, 4.69) is 5.32 Å². The minimum Gasteiger partial charge on any atom is -0.497 e. The molecule has 8 nitrogen and oxygen atoms in total. The highest BCUT2D eigenvalue weighted by atomic mass is 32.2. The lowest BCUT2D eigenvalue weighted by Crippen LogP contribution is -2.36. The van der Waals surface area contributed by atoms with Crippen LogP contribution in [0.25, 0.3) is 6.08 Å². The number of rotatable bonds is 9. The van der Waals surface area contributed by atoms with Gasteiger partial charge in [-0.3, -0.25) is 19.3 Å². The van der Waals surface area contributed by atoms with E-state index in [1.165, 1.54) is 26.4 Å². The number of hydrogen-bond donors (Lipinski definition) is 1. The molecule has 3 amide bonds. The number of nitrogens with one attached hydrogen (secondary N) is 1. The largest absolute Gasteiger partial charge is 0.497 e. The molecule has 0 aliphatic carbocycles. The highest BCUT2D eigenvalue weighted by molar-refractivity contribution is 8.18. The number of carbonyl (C=O) groups is 3. The predicted octanol–water partition coefficient (Wildman–Crippen LogP) is 5.10. The highest BCUT2D eigenvalue weighted by Gasteiger charge is 2.36. The molecule has 4 rings (SSSR count). The van der Waals surface area contributed by atoms with E-state index in [0.29, 0.717) is 28.5 Å². The minimum atomic E-state index is -0.560. The lowest BCUT2D eigenvalue weighted by Gasteiger charge is -2.13. The Morgan fingerprint density at radius 2 is 1.70 bits per heavy atom. The molecule has 1 saturated heterocycles. The Hall–Kier alpha value is -4.31. The van der Waals surface area contributed by atoms with Crippen LogP contribution in [0.1, 0.15) is 11.1 Å². The third-order valence-electron chi connectivity index (χ3n) is 5.34. The van der Waals surface area contributed by atoms with Crippen molar-refractivity contribution in [3.8, 4) is 17.2 Å². The zero-order valence-electron chi connectivity index (χ0n) is 20.0. The number of hydrogen-bond acceptors (Lipinski definition) is 7. The normalized spacial score (nSPS) is 14.1. The van der Waals surface area contributed by atoms with Crippen molar-refractivity contribution >= 4 is 40.6 Å². The van der Waals surface area contributed by atoms with Gasteiger partial charge in [-0.2, -0.15) is 0 Å². The van der Waals surface area contributed by atoms with Gasteiger partial charge < -0.3 is 19.5 Å². The predicted molar refractivity (Wildman–Crippen MR) is 138 cm³/mol. The Bertz CT molecular complexity index is 1340. The van der Waals surface area contributed by atoms with Crippen LogP contribution in [0.3, 0.4) is 0 Å². The average Bonchev–Trinajstić information content (AvgIpc) is 3.16. The molecule has 3 aromatic rings. The second kappa shape index (κ2) is 11.6.